The number of hydrogen-bond donors (Lipinski definition) is 1. The quantitative estimate of drug-likeness (QED) is 0.781. The first kappa shape index (κ1) is 10.7. The summed E-state index contributed by atoms with van der Waals surface area (Å²) >= 11 is 0. The number of hydrogen-bond acceptors (Lipinski definition) is 1. The molecule has 14 heavy (non-hydrogen) atoms. The van der Waals surface area contributed by atoms with Crippen LogP contribution in [0, 0.1) is 5.82 Å². The summed E-state index contributed by atoms with van der Waals surface area (Å²) in [6.07, 6.45) is 1.16. The number of carbonyl (C=O) groups is 1. The summed E-state index contributed by atoms with van der Waals surface area (Å²) in [6.45, 7) is 2.66. The first-order valence-corrected chi connectivity index (χ1v) is 4.73. The molecule has 1 N–H and O–H groups in total. The van der Waals surface area contributed by atoms with Crippen LogP contribution in [0.2, 0.25) is 0 Å². The molecule has 76 valence electrons. The van der Waals surface area contributed by atoms with Gasteiger partial charge in [-0.25, -0.2) is 4.39 Å². The van der Waals surface area contributed by atoms with E-state index in [0.717, 1.165) is 6.42 Å². The minimum atomic E-state index is -0.300. The van der Waals surface area contributed by atoms with E-state index in [1.54, 1.807) is 12.1 Å². The maximum Gasteiger partial charge on any atom is 0.224 e. The predicted molar refractivity (Wildman–Crippen MR) is 53.4 cm³/mol. The lowest BCUT2D eigenvalue weighted by Gasteiger charge is -2.03. The van der Waals surface area contributed by atoms with Gasteiger partial charge in [0.2, 0.25) is 5.91 Å². The van der Waals surface area contributed by atoms with Gasteiger partial charge in [0.1, 0.15) is 5.82 Å². The number of halogens is 1. The van der Waals surface area contributed by atoms with Crippen molar-refractivity contribution in [1.29, 1.82) is 0 Å². The smallest absolute Gasteiger partial charge is 0.224 e. The first-order chi connectivity index (χ1) is 6.72. The average Bonchev–Trinajstić information content (AvgIpc) is 2.15. The van der Waals surface area contributed by atoms with E-state index in [9.17, 15) is 9.18 Å². The molecule has 0 atom stereocenters. The monoisotopic (exact) mass is 195 g/mol. The molecule has 0 aliphatic heterocycles. The van der Waals surface area contributed by atoms with Crippen molar-refractivity contribution in [2.75, 3.05) is 6.54 Å². The predicted octanol–water partition coefficient (Wildman–Crippen LogP) is 1.89. The molecule has 0 fully saturated rings. The van der Waals surface area contributed by atoms with Crippen LogP contribution in [0.5, 0.6) is 0 Å². The molecule has 1 aromatic carbocycles. The lowest BCUT2D eigenvalue weighted by atomic mass is 10.1. The van der Waals surface area contributed by atoms with Crippen LogP contribution < -0.4 is 5.32 Å². The van der Waals surface area contributed by atoms with Gasteiger partial charge < -0.3 is 5.32 Å². The fraction of sp³-hybridized carbons (Fsp3) is 0.364. The van der Waals surface area contributed by atoms with Crippen LogP contribution in [-0.4, -0.2) is 12.5 Å². The highest BCUT2D eigenvalue weighted by atomic mass is 19.1. The van der Waals surface area contributed by atoms with Crippen molar-refractivity contribution in [3.05, 3.63) is 35.6 Å². The summed E-state index contributed by atoms with van der Waals surface area (Å²) in [5.74, 6) is -0.358. The topological polar surface area (TPSA) is 29.1 Å². The third kappa shape index (κ3) is 3.56. The zero-order valence-electron chi connectivity index (χ0n) is 8.22. The average molecular weight is 195 g/mol. The number of benzene rings is 1. The van der Waals surface area contributed by atoms with E-state index in [0.29, 0.717) is 12.1 Å². The summed E-state index contributed by atoms with van der Waals surface area (Å²) in [4.78, 5) is 11.2. The van der Waals surface area contributed by atoms with E-state index >= 15 is 0 Å². The zero-order valence-corrected chi connectivity index (χ0v) is 8.22. The molecule has 0 saturated carbocycles. The fourth-order valence-electron chi connectivity index (χ4n) is 1.16. The van der Waals surface area contributed by atoms with E-state index in [4.69, 9.17) is 0 Å². The molecule has 3 heteroatoms. The third-order valence-electron chi connectivity index (χ3n) is 1.83. The number of carbonyl (C=O) groups excluding carboxylic acids is 1. The summed E-state index contributed by atoms with van der Waals surface area (Å²) in [5, 5.41) is 2.74. The SMILES string of the molecule is CCCNC(=O)Cc1cccc(F)c1. The molecule has 2 nitrogen and oxygen atoms in total. The molecule has 0 radical (unpaired) electrons. The summed E-state index contributed by atoms with van der Waals surface area (Å²) in [7, 11) is 0. The van der Waals surface area contributed by atoms with E-state index in [2.05, 4.69) is 5.32 Å². The molecule has 0 spiro atoms. The Kier molecular flexibility index (Phi) is 4.11. The van der Waals surface area contributed by atoms with Gasteiger partial charge in [-0.05, 0) is 24.1 Å². The minimum Gasteiger partial charge on any atom is -0.356 e. The van der Waals surface area contributed by atoms with E-state index in [1.807, 2.05) is 6.92 Å². The Morgan fingerprint density at radius 1 is 1.50 bits per heavy atom. The second-order valence-corrected chi connectivity index (χ2v) is 3.16. The van der Waals surface area contributed by atoms with E-state index in [-0.39, 0.29) is 18.1 Å². The van der Waals surface area contributed by atoms with Crippen LogP contribution >= 0.6 is 0 Å². The van der Waals surface area contributed by atoms with Crippen LogP contribution in [0.25, 0.3) is 0 Å². The Bertz CT molecular complexity index is 312. The second kappa shape index (κ2) is 5.37. The number of amides is 1. The van der Waals surface area contributed by atoms with Crippen LogP contribution in [0.3, 0.4) is 0 Å². The molecule has 0 saturated heterocycles. The lowest BCUT2D eigenvalue weighted by Crippen LogP contribution is -2.25. The molecule has 0 aromatic heterocycles. The third-order valence-corrected chi connectivity index (χ3v) is 1.83. The standard InChI is InChI=1S/C11H14FNO/c1-2-6-13-11(14)8-9-4-3-5-10(12)7-9/h3-5,7H,2,6,8H2,1H3,(H,13,14). The molecular formula is C11H14FNO. The molecule has 1 amide bonds. The Hall–Kier alpha value is -1.38. The van der Waals surface area contributed by atoms with Crippen molar-refractivity contribution >= 4 is 5.91 Å². The Morgan fingerprint density at radius 2 is 2.29 bits per heavy atom. The molecule has 0 bridgehead atoms. The second-order valence-electron chi connectivity index (χ2n) is 3.16. The van der Waals surface area contributed by atoms with Gasteiger partial charge in [-0.2, -0.15) is 0 Å². The Morgan fingerprint density at radius 3 is 2.93 bits per heavy atom. The summed E-state index contributed by atoms with van der Waals surface area (Å²) in [6, 6.07) is 6.10. The summed E-state index contributed by atoms with van der Waals surface area (Å²) in [5.41, 5.74) is 0.707. The largest absolute Gasteiger partial charge is 0.356 e. The Balaban J connectivity index is 2.47. The number of nitrogens with one attached hydrogen (secondary N) is 1. The molecule has 1 rings (SSSR count). The van der Waals surface area contributed by atoms with E-state index < -0.39 is 0 Å². The van der Waals surface area contributed by atoms with Crippen molar-refractivity contribution in [3.63, 3.8) is 0 Å². The fourth-order valence-corrected chi connectivity index (χ4v) is 1.16. The van der Waals surface area contributed by atoms with Crippen LogP contribution in [-0.2, 0) is 11.2 Å². The van der Waals surface area contributed by atoms with Crippen molar-refractivity contribution in [2.24, 2.45) is 0 Å². The summed E-state index contributed by atoms with van der Waals surface area (Å²) < 4.78 is 12.7. The first-order valence-electron chi connectivity index (χ1n) is 4.73. The molecule has 0 unspecified atom stereocenters. The maximum absolute atomic E-state index is 12.7. The van der Waals surface area contributed by atoms with Crippen molar-refractivity contribution in [2.45, 2.75) is 19.8 Å². The van der Waals surface area contributed by atoms with Gasteiger partial charge in [0, 0.05) is 6.54 Å². The highest BCUT2D eigenvalue weighted by Crippen LogP contribution is 2.03. The maximum atomic E-state index is 12.7. The van der Waals surface area contributed by atoms with E-state index in [1.165, 1.54) is 12.1 Å². The van der Waals surface area contributed by atoms with Gasteiger partial charge >= 0.3 is 0 Å². The Labute approximate surface area is 83.1 Å². The van der Waals surface area contributed by atoms with Gasteiger partial charge in [0.05, 0.1) is 6.42 Å². The van der Waals surface area contributed by atoms with Crippen molar-refractivity contribution in [1.82, 2.24) is 5.32 Å². The zero-order chi connectivity index (χ0) is 10.4. The number of rotatable bonds is 4. The van der Waals surface area contributed by atoms with Crippen molar-refractivity contribution < 1.29 is 9.18 Å². The van der Waals surface area contributed by atoms with Crippen LogP contribution in [0.4, 0.5) is 4.39 Å². The van der Waals surface area contributed by atoms with Gasteiger partial charge in [-0.3, -0.25) is 4.79 Å². The molecule has 0 aliphatic carbocycles. The molecular weight excluding hydrogens is 181 g/mol. The minimum absolute atomic E-state index is 0.0579. The van der Waals surface area contributed by atoms with Crippen LogP contribution in [0.15, 0.2) is 24.3 Å². The van der Waals surface area contributed by atoms with Gasteiger partial charge in [0.15, 0.2) is 0 Å². The van der Waals surface area contributed by atoms with Crippen molar-refractivity contribution in [3.8, 4) is 0 Å². The highest BCUT2D eigenvalue weighted by Gasteiger charge is 2.02. The van der Waals surface area contributed by atoms with Crippen LogP contribution in [0.1, 0.15) is 18.9 Å². The highest BCUT2D eigenvalue weighted by molar-refractivity contribution is 5.78. The molecule has 1 aromatic rings. The van der Waals surface area contributed by atoms with Gasteiger partial charge in [-0.1, -0.05) is 19.1 Å². The molecule has 0 heterocycles. The lowest BCUT2D eigenvalue weighted by molar-refractivity contribution is -0.120. The normalized spacial score (nSPS) is 9.86. The van der Waals surface area contributed by atoms with Gasteiger partial charge in [0.25, 0.3) is 0 Å². The van der Waals surface area contributed by atoms with Gasteiger partial charge in [-0.15, -0.1) is 0 Å². The molecule has 0 aliphatic rings.